The Balaban J connectivity index is 1.62. The maximum absolute atomic E-state index is 14.4. The monoisotopic (exact) mass is 608 g/mol. The lowest BCUT2D eigenvalue weighted by Gasteiger charge is -2.32. The number of benzene rings is 4. The lowest BCUT2D eigenvalue weighted by atomic mass is 10.0. The maximum atomic E-state index is 14.4. The second-order valence-electron chi connectivity index (χ2n) is 10.5. The first-order valence-electron chi connectivity index (χ1n) is 14.3. The summed E-state index contributed by atoms with van der Waals surface area (Å²) in [7, 11) is 8.41. The van der Waals surface area contributed by atoms with Crippen LogP contribution in [0.4, 0.5) is 11.4 Å². The van der Waals surface area contributed by atoms with Gasteiger partial charge in [0.2, 0.25) is 11.7 Å². The molecule has 2 amide bonds. The third kappa shape index (κ3) is 6.82. The number of nitrogens with one attached hydrogen (secondary N) is 1. The Hall–Kier alpha value is -5.58. The molecule has 0 aliphatic rings. The summed E-state index contributed by atoms with van der Waals surface area (Å²) in [6.07, 6.45) is 0. The van der Waals surface area contributed by atoms with Crippen LogP contribution in [0, 0.1) is 0 Å². The number of para-hydroxylation sites is 1. The first-order valence-corrected chi connectivity index (χ1v) is 14.3. The van der Waals surface area contributed by atoms with E-state index < -0.39 is 11.9 Å². The highest BCUT2D eigenvalue weighted by Gasteiger charge is 2.34. The first-order chi connectivity index (χ1) is 21.8. The molecular weight excluding hydrogens is 572 g/mol. The maximum Gasteiger partial charge on any atom is 0.251 e. The number of carbonyl (C=O) groups excluding carboxylic acids is 2. The van der Waals surface area contributed by atoms with Crippen LogP contribution in [0.3, 0.4) is 0 Å². The van der Waals surface area contributed by atoms with E-state index in [1.165, 1.54) is 26.2 Å². The first kappa shape index (κ1) is 30.9. The number of anilines is 2. The van der Waals surface area contributed by atoms with Gasteiger partial charge in [0.15, 0.2) is 11.5 Å². The zero-order valence-corrected chi connectivity index (χ0v) is 25.9. The zero-order valence-electron chi connectivity index (χ0n) is 25.9. The van der Waals surface area contributed by atoms with E-state index in [4.69, 9.17) is 14.2 Å². The summed E-state index contributed by atoms with van der Waals surface area (Å²) in [6.45, 7) is -0.000297. The fourth-order valence-electron chi connectivity index (χ4n) is 5.14. The molecule has 0 aliphatic carbocycles. The highest BCUT2D eigenvalue weighted by atomic mass is 16.5. The van der Waals surface area contributed by atoms with Crippen LogP contribution in [0.2, 0.25) is 0 Å². The molecule has 11 heteroatoms. The van der Waals surface area contributed by atoms with Crippen molar-refractivity contribution in [3.05, 3.63) is 102 Å². The van der Waals surface area contributed by atoms with E-state index in [0.29, 0.717) is 39.5 Å². The molecule has 0 bridgehead atoms. The van der Waals surface area contributed by atoms with Crippen molar-refractivity contribution >= 4 is 34.2 Å². The minimum absolute atomic E-state index is 0.140. The van der Waals surface area contributed by atoms with Crippen molar-refractivity contribution in [1.82, 2.24) is 19.9 Å². The number of fused-ring (bicyclic) bond motifs is 1. The molecule has 0 unspecified atom stereocenters. The number of hydrogen-bond donors (Lipinski definition) is 1. The number of ether oxygens (including phenoxy) is 3. The van der Waals surface area contributed by atoms with Crippen molar-refractivity contribution in [2.45, 2.75) is 19.1 Å². The average molecular weight is 609 g/mol. The summed E-state index contributed by atoms with van der Waals surface area (Å²) < 4.78 is 18.3. The fraction of sp³-hybridized carbons (Fsp3) is 0.235. The number of carbonyl (C=O) groups is 2. The van der Waals surface area contributed by atoms with E-state index in [1.54, 1.807) is 16.8 Å². The molecule has 1 atom stereocenters. The van der Waals surface area contributed by atoms with Gasteiger partial charge < -0.3 is 29.3 Å². The second-order valence-corrected chi connectivity index (χ2v) is 10.5. The second kappa shape index (κ2) is 13.8. The predicted molar refractivity (Wildman–Crippen MR) is 173 cm³/mol. The smallest absolute Gasteiger partial charge is 0.251 e. The van der Waals surface area contributed by atoms with E-state index in [-0.39, 0.29) is 19.0 Å². The molecule has 0 radical (unpaired) electrons. The van der Waals surface area contributed by atoms with Crippen molar-refractivity contribution < 1.29 is 23.8 Å². The molecule has 0 spiro atoms. The molecular formula is C34H36N6O5. The van der Waals surface area contributed by atoms with Crippen molar-refractivity contribution in [2.24, 2.45) is 0 Å². The summed E-state index contributed by atoms with van der Waals surface area (Å²) in [4.78, 5) is 32.2. The predicted octanol–water partition coefficient (Wildman–Crippen LogP) is 4.93. The molecule has 1 heterocycles. The van der Waals surface area contributed by atoms with E-state index >= 15 is 0 Å². The van der Waals surface area contributed by atoms with E-state index in [2.05, 4.69) is 15.6 Å². The molecule has 0 aliphatic heterocycles. The SMILES string of the molecule is COc1cc([C@H](C(=O)Nc2ccc(N(C)C)cc2)N(Cc2ccccc2)C(=O)Cn2nnc3ccccc32)cc(OC)c1OC. The lowest BCUT2D eigenvalue weighted by molar-refractivity contribution is -0.140. The number of aromatic nitrogens is 3. The van der Waals surface area contributed by atoms with Crippen LogP contribution in [-0.4, -0.2) is 67.1 Å². The van der Waals surface area contributed by atoms with Gasteiger partial charge >= 0.3 is 0 Å². The van der Waals surface area contributed by atoms with Gasteiger partial charge in [-0.1, -0.05) is 47.7 Å². The Morgan fingerprint density at radius 1 is 0.844 bits per heavy atom. The number of hydrogen-bond acceptors (Lipinski definition) is 8. The van der Waals surface area contributed by atoms with Crippen molar-refractivity contribution in [3.63, 3.8) is 0 Å². The van der Waals surface area contributed by atoms with Crippen LogP contribution in [0.1, 0.15) is 17.2 Å². The van der Waals surface area contributed by atoms with Crippen molar-refractivity contribution in [3.8, 4) is 17.2 Å². The van der Waals surface area contributed by atoms with E-state index in [0.717, 1.165) is 11.3 Å². The summed E-state index contributed by atoms with van der Waals surface area (Å²) in [6, 6.07) is 26.7. The van der Waals surface area contributed by atoms with E-state index in [9.17, 15) is 9.59 Å². The van der Waals surface area contributed by atoms with Crippen LogP contribution in [0.15, 0.2) is 91.0 Å². The van der Waals surface area contributed by atoms with Crippen molar-refractivity contribution in [2.75, 3.05) is 45.6 Å². The normalized spacial score (nSPS) is 11.5. The molecule has 11 nitrogen and oxygen atoms in total. The highest BCUT2D eigenvalue weighted by molar-refractivity contribution is 5.98. The van der Waals surface area contributed by atoms with Gasteiger partial charge in [-0.2, -0.15) is 0 Å². The van der Waals surface area contributed by atoms with Gasteiger partial charge in [0.25, 0.3) is 5.91 Å². The molecule has 4 aromatic carbocycles. The number of methoxy groups -OCH3 is 3. The van der Waals surface area contributed by atoms with Crippen LogP contribution in [-0.2, 0) is 22.7 Å². The number of nitrogens with zero attached hydrogens (tertiary/aromatic N) is 5. The fourth-order valence-corrected chi connectivity index (χ4v) is 5.14. The third-order valence-corrected chi connectivity index (χ3v) is 7.44. The molecule has 0 saturated heterocycles. The topological polar surface area (TPSA) is 111 Å². The van der Waals surface area contributed by atoms with Crippen LogP contribution in [0.25, 0.3) is 11.0 Å². The average Bonchev–Trinajstić information content (AvgIpc) is 3.47. The van der Waals surface area contributed by atoms with Gasteiger partial charge in [-0.3, -0.25) is 9.59 Å². The Bertz CT molecular complexity index is 1750. The Labute approximate surface area is 261 Å². The number of amides is 2. The van der Waals surface area contributed by atoms with Gasteiger partial charge in [-0.25, -0.2) is 4.68 Å². The summed E-state index contributed by atoms with van der Waals surface area (Å²) in [5, 5.41) is 11.5. The van der Waals surface area contributed by atoms with Gasteiger partial charge in [0.05, 0.1) is 26.8 Å². The van der Waals surface area contributed by atoms with Gasteiger partial charge in [0.1, 0.15) is 18.1 Å². The molecule has 1 aromatic heterocycles. The van der Waals surface area contributed by atoms with E-state index in [1.807, 2.05) is 97.9 Å². The Morgan fingerprint density at radius 3 is 2.11 bits per heavy atom. The van der Waals surface area contributed by atoms with Gasteiger partial charge in [-0.05, 0) is 59.7 Å². The van der Waals surface area contributed by atoms with Gasteiger partial charge in [0, 0.05) is 32.0 Å². The zero-order chi connectivity index (χ0) is 31.9. The highest BCUT2D eigenvalue weighted by Crippen LogP contribution is 2.41. The molecule has 5 aromatic rings. The lowest BCUT2D eigenvalue weighted by Crippen LogP contribution is -2.42. The minimum Gasteiger partial charge on any atom is -0.493 e. The molecule has 0 fully saturated rings. The summed E-state index contributed by atoms with van der Waals surface area (Å²) in [5.41, 5.74) is 4.25. The summed E-state index contributed by atoms with van der Waals surface area (Å²) >= 11 is 0. The summed E-state index contributed by atoms with van der Waals surface area (Å²) in [5.74, 6) is 0.321. The van der Waals surface area contributed by atoms with Gasteiger partial charge in [-0.15, -0.1) is 5.10 Å². The standard InChI is InChI=1S/C34H36N6O5/c1-38(2)26-17-15-25(16-18-26)35-34(42)32(24-19-29(43-3)33(45-5)30(20-24)44-4)39(21-23-11-7-6-8-12-23)31(41)22-40-28-14-10-9-13-27(28)36-37-40/h6-20,32H,21-22H2,1-5H3,(H,35,42)/t32-/m1/s1. The Morgan fingerprint density at radius 2 is 1.49 bits per heavy atom. The molecule has 5 rings (SSSR count). The number of rotatable bonds is 12. The third-order valence-electron chi connectivity index (χ3n) is 7.44. The molecule has 1 N–H and O–H groups in total. The molecule has 45 heavy (non-hydrogen) atoms. The van der Waals surface area contributed by atoms with Crippen LogP contribution < -0.4 is 24.4 Å². The van der Waals surface area contributed by atoms with Crippen LogP contribution in [0.5, 0.6) is 17.2 Å². The molecule has 232 valence electrons. The quantitative estimate of drug-likeness (QED) is 0.212. The minimum atomic E-state index is -1.10. The van der Waals surface area contributed by atoms with Crippen molar-refractivity contribution in [1.29, 1.82) is 0 Å². The Kier molecular flexibility index (Phi) is 9.47. The largest absolute Gasteiger partial charge is 0.493 e. The molecule has 0 saturated carbocycles. The van der Waals surface area contributed by atoms with Crippen LogP contribution >= 0.6 is 0 Å².